The molecule has 1 aliphatic rings. The molecule has 1 aromatic rings. The number of alkyl halides is 1. The van der Waals surface area contributed by atoms with Crippen molar-refractivity contribution in [1.29, 1.82) is 0 Å². The van der Waals surface area contributed by atoms with Crippen LogP contribution in [0.3, 0.4) is 0 Å². The van der Waals surface area contributed by atoms with Crippen molar-refractivity contribution in [2.75, 3.05) is 0 Å². The zero-order valence-electron chi connectivity index (χ0n) is 8.46. The fourth-order valence-corrected chi connectivity index (χ4v) is 3.35. The summed E-state index contributed by atoms with van der Waals surface area (Å²) >= 11 is 5.98. The Kier molecular flexibility index (Phi) is 4.46. The monoisotopic (exact) mass is 380 g/mol. The Morgan fingerprint density at radius 3 is 2.93 bits per heavy atom. The van der Waals surface area contributed by atoms with Crippen LogP contribution in [0.2, 0.25) is 0 Å². The van der Waals surface area contributed by atoms with Crippen molar-refractivity contribution in [2.45, 2.75) is 35.9 Å². The first kappa shape index (κ1) is 11.9. The van der Waals surface area contributed by atoms with Crippen LogP contribution in [0.5, 0.6) is 0 Å². The van der Waals surface area contributed by atoms with Crippen LogP contribution in [-0.2, 0) is 11.3 Å². The van der Waals surface area contributed by atoms with Gasteiger partial charge in [-0.05, 0) is 37.0 Å². The molecule has 1 aromatic carbocycles. The van der Waals surface area contributed by atoms with Crippen molar-refractivity contribution in [3.8, 4) is 0 Å². The van der Waals surface area contributed by atoms with Gasteiger partial charge in [-0.2, -0.15) is 0 Å². The SMILES string of the molecule is Brc1cccc(COC2CCCC2I)c1. The second kappa shape index (κ2) is 5.64. The third kappa shape index (κ3) is 3.43. The zero-order chi connectivity index (χ0) is 10.7. The third-order valence-electron chi connectivity index (χ3n) is 2.73. The van der Waals surface area contributed by atoms with Crippen LogP contribution in [0.25, 0.3) is 0 Å². The molecule has 1 saturated carbocycles. The Labute approximate surface area is 113 Å². The Balaban J connectivity index is 1.87. The van der Waals surface area contributed by atoms with Gasteiger partial charge in [-0.25, -0.2) is 0 Å². The molecule has 82 valence electrons. The molecule has 0 amide bonds. The zero-order valence-corrected chi connectivity index (χ0v) is 12.2. The maximum atomic E-state index is 5.93. The number of hydrogen-bond donors (Lipinski definition) is 0. The summed E-state index contributed by atoms with van der Waals surface area (Å²) in [4.78, 5) is 0. The van der Waals surface area contributed by atoms with Crippen LogP contribution < -0.4 is 0 Å². The third-order valence-corrected chi connectivity index (χ3v) is 4.64. The summed E-state index contributed by atoms with van der Waals surface area (Å²) in [6, 6.07) is 8.33. The van der Waals surface area contributed by atoms with E-state index in [1.165, 1.54) is 24.8 Å². The van der Waals surface area contributed by atoms with E-state index in [-0.39, 0.29) is 0 Å². The van der Waals surface area contributed by atoms with Gasteiger partial charge in [0.25, 0.3) is 0 Å². The van der Waals surface area contributed by atoms with E-state index in [0.29, 0.717) is 10.0 Å². The predicted molar refractivity (Wildman–Crippen MR) is 74.4 cm³/mol. The maximum absolute atomic E-state index is 5.93. The smallest absolute Gasteiger partial charge is 0.0721 e. The van der Waals surface area contributed by atoms with Crippen molar-refractivity contribution in [1.82, 2.24) is 0 Å². The molecule has 2 unspecified atom stereocenters. The predicted octanol–water partition coefficient (Wildman–Crippen LogP) is 4.32. The highest BCUT2D eigenvalue weighted by Crippen LogP contribution is 2.29. The van der Waals surface area contributed by atoms with Gasteiger partial charge in [-0.3, -0.25) is 0 Å². The highest BCUT2D eigenvalue weighted by atomic mass is 127. The summed E-state index contributed by atoms with van der Waals surface area (Å²) in [6.45, 7) is 0.740. The fraction of sp³-hybridized carbons (Fsp3) is 0.500. The van der Waals surface area contributed by atoms with Gasteiger partial charge in [-0.15, -0.1) is 0 Å². The maximum Gasteiger partial charge on any atom is 0.0721 e. The van der Waals surface area contributed by atoms with Gasteiger partial charge in [0, 0.05) is 8.40 Å². The van der Waals surface area contributed by atoms with Gasteiger partial charge < -0.3 is 4.74 Å². The highest BCUT2D eigenvalue weighted by molar-refractivity contribution is 14.1. The molecule has 0 N–H and O–H groups in total. The molecule has 2 rings (SSSR count). The lowest BCUT2D eigenvalue weighted by atomic mass is 10.2. The Hall–Kier alpha value is 0.390. The van der Waals surface area contributed by atoms with E-state index in [2.05, 4.69) is 56.7 Å². The number of benzene rings is 1. The molecule has 2 atom stereocenters. The first-order chi connectivity index (χ1) is 7.25. The molecule has 0 bridgehead atoms. The molecule has 3 heteroatoms. The van der Waals surface area contributed by atoms with Crippen LogP contribution in [0.1, 0.15) is 24.8 Å². The number of halogens is 2. The molecule has 0 heterocycles. The van der Waals surface area contributed by atoms with Gasteiger partial charge in [0.2, 0.25) is 0 Å². The quantitative estimate of drug-likeness (QED) is 0.560. The molecule has 1 fully saturated rings. The molecule has 1 nitrogen and oxygen atoms in total. The lowest BCUT2D eigenvalue weighted by Gasteiger charge is -2.15. The summed E-state index contributed by atoms with van der Waals surface area (Å²) in [6.07, 6.45) is 4.31. The fourth-order valence-electron chi connectivity index (χ4n) is 1.90. The first-order valence-electron chi connectivity index (χ1n) is 5.26. The van der Waals surface area contributed by atoms with E-state index in [1.807, 2.05) is 6.07 Å². The Bertz CT molecular complexity index is 329. The molecule has 0 aliphatic heterocycles. The second-order valence-corrected chi connectivity index (χ2v) is 6.44. The van der Waals surface area contributed by atoms with E-state index in [1.54, 1.807) is 0 Å². The van der Waals surface area contributed by atoms with E-state index in [0.717, 1.165) is 11.1 Å². The van der Waals surface area contributed by atoms with Crippen LogP contribution in [0.4, 0.5) is 0 Å². The van der Waals surface area contributed by atoms with Crippen LogP contribution in [0.15, 0.2) is 28.7 Å². The van der Waals surface area contributed by atoms with E-state index < -0.39 is 0 Å². The molecule has 0 aromatic heterocycles. The minimum absolute atomic E-state index is 0.463. The summed E-state index contributed by atoms with van der Waals surface area (Å²) in [5.74, 6) is 0. The standard InChI is InChI=1S/C12H14BrIO/c13-10-4-1-3-9(7-10)8-15-12-6-2-5-11(12)14/h1,3-4,7,11-12H,2,5-6,8H2. The number of ether oxygens (including phenoxy) is 1. The summed E-state index contributed by atoms with van der Waals surface area (Å²) in [5.41, 5.74) is 1.25. The Morgan fingerprint density at radius 2 is 2.27 bits per heavy atom. The summed E-state index contributed by atoms with van der Waals surface area (Å²) in [5, 5.41) is 0. The van der Waals surface area contributed by atoms with Crippen molar-refractivity contribution in [2.24, 2.45) is 0 Å². The minimum Gasteiger partial charge on any atom is -0.372 e. The van der Waals surface area contributed by atoms with Gasteiger partial charge in [0.05, 0.1) is 12.7 Å². The molecular weight excluding hydrogens is 367 g/mol. The van der Waals surface area contributed by atoms with Crippen molar-refractivity contribution in [3.05, 3.63) is 34.3 Å². The lowest BCUT2D eigenvalue weighted by molar-refractivity contribution is 0.0514. The molecular formula is C12H14BrIO. The minimum atomic E-state index is 0.463. The average Bonchev–Trinajstić information content (AvgIpc) is 2.61. The van der Waals surface area contributed by atoms with Crippen LogP contribution in [-0.4, -0.2) is 10.0 Å². The molecule has 0 radical (unpaired) electrons. The summed E-state index contributed by atoms with van der Waals surface area (Å²) in [7, 11) is 0. The largest absolute Gasteiger partial charge is 0.372 e. The average molecular weight is 381 g/mol. The second-order valence-electron chi connectivity index (χ2n) is 3.93. The molecule has 1 aliphatic carbocycles. The molecule has 0 spiro atoms. The normalized spacial score (nSPS) is 25.7. The van der Waals surface area contributed by atoms with Gasteiger partial charge in [0.15, 0.2) is 0 Å². The van der Waals surface area contributed by atoms with E-state index in [4.69, 9.17) is 4.74 Å². The number of hydrogen-bond acceptors (Lipinski definition) is 1. The van der Waals surface area contributed by atoms with Crippen molar-refractivity contribution < 1.29 is 4.74 Å². The Morgan fingerprint density at radius 1 is 1.40 bits per heavy atom. The van der Waals surface area contributed by atoms with Gasteiger partial charge >= 0.3 is 0 Å². The lowest BCUT2D eigenvalue weighted by Crippen LogP contribution is -2.17. The topological polar surface area (TPSA) is 9.23 Å². The van der Waals surface area contributed by atoms with Crippen molar-refractivity contribution >= 4 is 38.5 Å². The van der Waals surface area contributed by atoms with Crippen LogP contribution >= 0.6 is 38.5 Å². The van der Waals surface area contributed by atoms with Gasteiger partial charge in [-0.1, -0.05) is 50.7 Å². The van der Waals surface area contributed by atoms with Gasteiger partial charge in [0.1, 0.15) is 0 Å². The first-order valence-corrected chi connectivity index (χ1v) is 7.29. The van der Waals surface area contributed by atoms with Crippen LogP contribution in [0, 0.1) is 0 Å². The van der Waals surface area contributed by atoms with E-state index >= 15 is 0 Å². The molecule has 0 saturated heterocycles. The van der Waals surface area contributed by atoms with Crippen molar-refractivity contribution in [3.63, 3.8) is 0 Å². The summed E-state index contributed by atoms with van der Waals surface area (Å²) < 4.78 is 7.76. The number of rotatable bonds is 3. The molecule has 15 heavy (non-hydrogen) atoms. The highest BCUT2D eigenvalue weighted by Gasteiger charge is 2.25. The van der Waals surface area contributed by atoms with E-state index in [9.17, 15) is 0 Å².